The second-order valence-electron chi connectivity index (χ2n) is 5.99. The Morgan fingerprint density at radius 1 is 1.21 bits per heavy atom. The fraction of sp³-hybridized carbons (Fsp3) is 0.150. The zero-order chi connectivity index (χ0) is 20.8. The van der Waals surface area contributed by atoms with Crippen molar-refractivity contribution < 1.29 is 14.3 Å². The number of imidazole rings is 1. The molecule has 0 bridgehead atoms. The Hall–Kier alpha value is -2.97. The second kappa shape index (κ2) is 9.49. The molecule has 150 valence electrons. The van der Waals surface area contributed by atoms with Crippen LogP contribution in [0, 0.1) is 0 Å². The van der Waals surface area contributed by atoms with Crippen LogP contribution in [0.5, 0.6) is 5.75 Å². The van der Waals surface area contributed by atoms with E-state index in [0.29, 0.717) is 21.6 Å². The number of nitrogens with zero attached hydrogens (tertiary/aromatic N) is 2. The molecule has 2 N–H and O–H groups in total. The zero-order valence-corrected chi connectivity index (χ0v) is 17.4. The number of benzene rings is 2. The van der Waals surface area contributed by atoms with Gasteiger partial charge in [-0.3, -0.25) is 14.2 Å². The van der Waals surface area contributed by atoms with E-state index in [1.54, 1.807) is 31.5 Å². The van der Waals surface area contributed by atoms with E-state index in [0.717, 1.165) is 11.4 Å². The summed E-state index contributed by atoms with van der Waals surface area (Å²) in [6.45, 7) is 1.40. The van der Waals surface area contributed by atoms with Gasteiger partial charge in [-0.1, -0.05) is 29.4 Å². The van der Waals surface area contributed by atoms with Crippen molar-refractivity contribution in [3.63, 3.8) is 0 Å². The average molecular weight is 431 g/mol. The molecule has 0 aliphatic carbocycles. The van der Waals surface area contributed by atoms with Gasteiger partial charge < -0.3 is 15.4 Å². The zero-order valence-electron chi connectivity index (χ0n) is 15.8. The number of carbonyl (C=O) groups is 2. The molecule has 9 heteroatoms. The van der Waals surface area contributed by atoms with E-state index in [9.17, 15) is 9.59 Å². The monoisotopic (exact) mass is 430 g/mol. The SMILES string of the molecule is COc1cccc(-n2ccnc2SCC(=O)Nc2ccc(NC(C)=O)c(Cl)c2)c1. The van der Waals surface area contributed by atoms with Gasteiger partial charge >= 0.3 is 0 Å². The van der Waals surface area contributed by atoms with Crippen LogP contribution in [-0.4, -0.2) is 34.2 Å². The minimum atomic E-state index is -0.216. The minimum Gasteiger partial charge on any atom is -0.497 e. The Morgan fingerprint density at radius 2 is 2.03 bits per heavy atom. The van der Waals surface area contributed by atoms with Crippen molar-refractivity contribution in [2.45, 2.75) is 12.1 Å². The number of hydrogen-bond donors (Lipinski definition) is 2. The van der Waals surface area contributed by atoms with E-state index in [1.807, 2.05) is 35.0 Å². The van der Waals surface area contributed by atoms with E-state index in [1.165, 1.54) is 18.7 Å². The standard InChI is InChI=1S/C20H19ClN4O3S/c1-13(26)23-18-7-6-14(10-17(18)21)24-19(27)12-29-20-22-8-9-25(20)15-4-3-5-16(11-15)28-2/h3-11H,12H2,1-2H3,(H,23,26)(H,24,27). The highest BCUT2D eigenvalue weighted by Gasteiger charge is 2.11. The number of methoxy groups -OCH3 is 1. The molecule has 0 saturated carbocycles. The van der Waals surface area contributed by atoms with E-state index in [-0.39, 0.29) is 17.6 Å². The number of halogens is 1. The van der Waals surface area contributed by atoms with Crippen LogP contribution in [-0.2, 0) is 9.59 Å². The molecule has 0 spiro atoms. The predicted molar refractivity (Wildman–Crippen MR) is 115 cm³/mol. The number of rotatable bonds is 7. The molecular weight excluding hydrogens is 412 g/mol. The first-order chi connectivity index (χ1) is 14.0. The fourth-order valence-electron chi connectivity index (χ4n) is 2.56. The molecule has 0 atom stereocenters. The third-order valence-corrected chi connectivity index (χ3v) is 5.11. The Labute approximate surface area is 177 Å². The summed E-state index contributed by atoms with van der Waals surface area (Å²) in [4.78, 5) is 27.8. The second-order valence-corrected chi connectivity index (χ2v) is 7.34. The normalized spacial score (nSPS) is 10.4. The molecular formula is C20H19ClN4O3S. The van der Waals surface area contributed by atoms with Crippen LogP contribution in [0.4, 0.5) is 11.4 Å². The molecule has 1 heterocycles. The quantitative estimate of drug-likeness (QED) is 0.548. The van der Waals surface area contributed by atoms with Gasteiger partial charge in [-0.2, -0.15) is 0 Å². The van der Waals surface area contributed by atoms with Crippen LogP contribution >= 0.6 is 23.4 Å². The number of ether oxygens (including phenoxy) is 1. The number of carbonyl (C=O) groups excluding carboxylic acids is 2. The van der Waals surface area contributed by atoms with E-state index in [2.05, 4.69) is 15.6 Å². The van der Waals surface area contributed by atoms with Crippen molar-refractivity contribution >= 4 is 46.6 Å². The topological polar surface area (TPSA) is 85.2 Å². The maximum absolute atomic E-state index is 12.3. The number of amides is 2. The van der Waals surface area contributed by atoms with Gasteiger partial charge in [-0.25, -0.2) is 4.98 Å². The number of nitrogens with one attached hydrogen (secondary N) is 2. The summed E-state index contributed by atoms with van der Waals surface area (Å²) in [6, 6.07) is 12.5. The highest BCUT2D eigenvalue weighted by atomic mass is 35.5. The van der Waals surface area contributed by atoms with Crippen LogP contribution in [0.3, 0.4) is 0 Å². The van der Waals surface area contributed by atoms with Crippen molar-refractivity contribution in [2.75, 3.05) is 23.5 Å². The van der Waals surface area contributed by atoms with E-state index in [4.69, 9.17) is 16.3 Å². The lowest BCUT2D eigenvalue weighted by Gasteiger charge is -2.10. The molecule has 2 amide bonds. The summed E-state index contributed by atoms with van der Waals surface area (Å²) in [5.41, 5.74) is 1.93. The molecule has 0 radical (unpaired) electrons. The summed E-state index contributed by atoms with van der Waals surface area (Å²) < 4.78 is 7.15. The minimum absolute atomic E-state index is 0.173. The van der Waals surface area contributed by atoms with Gasteiger partial charge in [0.1, 0.15) is 5.75 Å². The molecule has 0 saturated heterocycles. The Balaban J connectivity index is 1.63. The molecule has 0 fully saturated rings. The maximum Gasteiger partial charge on any atom is 0.234 e. The van der Waals surface area contributed by atoms with Gasteiger partial charge in [0.2, 0.25) is 11.8 Å². The van der Waals surface area contributed by atoms with Crippen LogP contribution < -0.4 is 15.4 Å². The molecule has 0 unspecified atom stereocenters. The third-order valence-electron chi connectivity index (χ3n) is 3.83. The molecule has 7 nitrogen and oxygen atoms in total. The van der Waals surface area contributed by atoms with Gasteiger partial charge in [0.05, 0.1) is 29.3 Å². The number of hydrogen-bond acceptors (Lipinski definition) is 5. The molecule has 3 rings (SSSR count). The predicted octanol–water partition coefficient (Wildman–Crippen LogP) is 4.22. The molecule has 29 heavy (non-hydrogen) atoms. The Morgan fingerprint density at radius 3 is 2.76 bits per heavy atom. The maximum atomic E-state index is 12.3. The Bertz CT molecular complexity index is 1040. The Kier molecular flexibility index (Phi) is 6.79. The number of thioether (sulfide) groups is 1. The van der Waals surface area contributed by atoms with Crippen LogP contribution in [0.2, 0.25) is 5.02 Å². The van der Waals surface area contributed by atoms with Gasteiger partial charge in [-0.05, 0) is 30.3 Å². The van der Waals surface area contributed by atoms with Gasteiger partial charge in [0.15, 0.2) is 5.16 Å². The van der Waals surface area contributed by atoms with Crippen molar-refractivity contribution in [1.82, 2.24) is 9.55 Å². The summed E-state index contributed by atoms with van der Waals surface area (Å²) in [7, 11) is 1.61. The third kappa shape index (κ3) is 5.52. The van der Waals surface area contributed by atoms with Crippen molar-refractivity contribution in [3.05, 3.63) is 59.9 Å². The first-order valence-electron chi connectivity index (χ1n) is 8.64. The van der Waals surface area contributed by atoms with Crippen LogP contribution in [0.1, 0.15) is 6.92 Å². The highest BCUT2D eigenvalue weighted by Crippen LogP contribution is 2.26. The van der Waals surface area contributed by atoms with Crippen molar-refractivity contribution in [1.29, 1.82) is 0 Å². The molecule has 0 aliphatic heterocycles. The average Bonchev–Trinajstić information content (AvgIpc) is 3.17. The van der Waals surface area contributed by atoms with Gasteiger partial charge in [-0.15, -0.1) is 0 Å². The summed E-state index contributed by atoms with van der Waals surface area (Å²) >= 11 is 7.45. The largest absolute Gasteiger partial charge is 0.497 e. The molecule has 1 aromatic heterocycles. The fourth-order valence-corrected chi connectivity index (χ4v) is 3.57. The lowest BCUT2D eigenvalue weighted by atomic mass is 10.2. The first kappa shape index (κ1) is 20.8. The smallest absolute Gasteiger partial charge is 0.234 e. The molecule has 3 aromatic rings. The van der Waals surface area contributed by atoms with Gasteiger partial charge in [0.25, 0.3) is 0 Å². The molecule has 2 aromatic carbocycles. The van der Waals surface area contributed by atoms with Crippen molar-refractivity contribution in [3.8, 4) is 11.4 Å². The summed E-state index contributed by atoms with van der Waals surface area (Å²) in [5, 5.41) is 6.44. The van der Waals surface area contributed by atoms with E-state index >= 15 is 0 Å². The lowest BCUT2D eigenvalue weighted by Crippen LogP contribution is -2.15. The van der Waals surface area contributed by atoms with Crippen molar-refractivity contribution in [2.24, 2.45) is 0 Å². The number of anilines is 2. The molecule has 0 aliphatic rings. The lowest BCUT2D eigenvalue weighted by molar-refractivity contribution is -0.114. The highest BCUT2D eigenvalue weighted by molar-refractivity contribution is 7.99. The van der Waals surface area contributed by atoms with E-state index < -0.39 is 0 Å². The number of aromatic nitrogens is 2. The summed E-state index contributed by atoms with van der Waals surface area (Å²) in [5.74, 6) is 0.501. The van der Waals surface area contributed by atoms with Crippen LogP contribution in [0.25, 0.3) is 5.69 Å². The van der Waals surface area contributed by atoms with Crippen LogP contribution in [0.15, 0.2) is 60.0 Å². The van der Waals surface area contributed by atoms with Gasteiger partial charge in [0, 0.05) is 31.1 Å². The summed E-state index contributed by atoms with van der Waals surface area (Å²) in [6.07, 6.45) is 3.51. The first-order valence-corrected chi connectivity index (χ1v) is 10.00.